The van der Waals surface area contributed by atoms with Crippen LogP contribution in [0.5, 0.6) is 0 Å². The summed E-state index contributed by atoms with van der Waals surface area (Å²) in [5, 5.41) is 9.42. The van der Waals surface area contributed by atoms with Crippen LogP contribution in [0, 0.1) is 5.92 Å². The first kappa shape index (κ1) is 19.0. The third-order valence-corrected chi connectivity index (χ3v) is 4.01. The van der Waals surface area contributed by atoms with Gasteiger partial charge in [0.15, 0.2) is 5.96 Å². The van der Waals surface area contributed by atoms with Gasteiger partial charge in [0.2, 0.25) is 5.91 Å². The SMILES string of the molecule is CCNC(=NCC(=O)NC1CC1)NCC1CN(CC(C)C)CCO1. The van der Waals surface area contributed by atoms with Crippen LogP contribution in [0.2, 0.25) is 0 Å². The van der Waals surface area contributed by atoms with E-state index in [4.69, 9.17) is 4.74 Å². The lowest BCUT2D eigenvalue weighted by atomic mass is 10.2. The monoisotopic (exact) mass is 339 g/mol. The van der Waals surface area contributed by atoms with Crippen LogP contribution in [0.4, 0.5) is 0 Å². The van der Waals surface area contributed by atoms with Crippen molar-refractivity contribution in [2.75, 3.05) is 45.9 Å². The van der Waals surface area contributed by atoms with Crippen molar-refractivity contribution in [3.63, 3.8) is 0 Å². The molecule has 7 heteroatoms. The van der Waals surface area contributed by atoms with Gasteiger partial charge in [0, 0.05) is 38.8 Å². The molecular weight excluding hydrogens is 306 g/mol. The molecule has 3 N–H and O–H groups in total. The first-order valence-electron chi connectivity index (χ1n) is 9.22. The molecule has 7 nitrogen and oxygen atoms in total. The van der Waals surface area contributed by atoms with Crippen molar-refractivity contribution < 1.29 is 9.53 Å². The van der Waals surface area contributed by atoms with Gasteiger partial charge in [-0.15, -0.1) is 0 Å². The number of nitrogens with zero attached hydrogens (tertiary/aromatic N) is 2. The van der Waals surface area contributed by atoms with E-state index in [0.717, 1.165) is 45.6 Å². The minimum atomic E-state index is -0.00766. The molecule has 1 heterocycles. The standard InChI is InChI=1S/C17H33N5O2/c1-4-18-17(20-10-16(23)21-14-5-6-14)19-9-15-12-22(7-8-24-15)11-13(2)3/h13-15H,4-12H2,1-3H3,(H,21,23)(H2,18,19,20). The molecule has 0 radical (unpaired) electrons. The summed E-state index contributed by atoms with van der Waals surface area (Å²) >= 11 is 0. The Labute approximate surface area is 145 Å². The van der Waals surface area contributed by atoms with Crippen LogP contribution in [-0.4, -0.2) is 74.8 Å². The molecule has 2 aliphatic rings. The van der Waals surface area contributed by atoms with Gasteiger partial charge >= 0.3 is 0 Å². The Kier molecular flexibility index (Phi) is 7.78. The number of hydrogen-bond donors (Lipinski definition) is 3. The number of guanidine groups is 1. The molecule has 0 bridgehead atoms. The number of nitrogens with one attached hydrogen (secondary N) is 3. The molecule has 2 rings (SSSR count). The number of carbonyl (C=O) groups is 1. The Balaban J connectivity index is 1.73. The molecule has 1 saturated heterocycles. The zero-order valence-corrected chi connectivity index (χ0v) is 15.3. The van der Waals surface area contributed by atoms with E-state index in [1.54, 1.807) is 0 Å². The molecule has 1 aliphatic carbocycles. The van der Waals surface area contributed by atoms with Gasteiger partial charge in [-0.1, -0.05) is 13.8 Å². The van der Waals surface area contributed by atoms with Gasteiger partial charge in [-0.3, -0.25) is 9.69 Å². The smallest absolute Gasteiger partial charge is 0.242 e. The van der Waals surface area contributed by atoms with E-state index >= 15 is 0 Å². The Hall–Kier alpha value is -1.34. The summed E-state index contributed by atoms with van der Waals surface area (Å²) in [5.41, 5.74) is 0. The van der Waals surface area contributed by atoms with Crippen molar-refractivity contribution in [1.29, 1.82) is 0 Å². The van der Waals surface area contributed by atoms with Crippen LogP contribution in [-0.2, 0) is 9.53 Å². The highest BCUT2D eigenvalue weighted by atomic mass is 16.5. The van der Waals surface area contributed by atoms with Crippen molar-refractivity contribution in [3.8, 4) is 0 Å². The number of ether oxygens (including phenoxy) is 1. The van der Waals surface area contributed by atoms with Crippen molar-refractivity contribution in [3.05, 3.63) is 0 Å². The van der Waals surface area contributed by atoms with E-state index < -0.39 is 0 Å². The fourth-order valence-corrected chi connectivity index (χ4v) is 2.79. The summed E-state index contributed by atoms with van der Waals surface area (Å²) in [4.78, 5) is 18.6. The van der Waals surface area contributed by atoms with Crippen molar-refractivity contribution >= 4 is 11.9 Å². The van der Waals surface area contributed by atoms with Crippen LogP contribution in [0.25, 0.3) is 0 Å². The van der Waals surface area contributed by atoms with Crippen molar-refractivity contribution in [1.82, 2.24) is 20.9 Å². The number of carbonyl (C=O) groups excluding carboxylic acids is 1. The normalized spacial score (nSPS) is 22.5. The summed E-state index contributed by atoms with van der Waals surface area (Å²) in [6.45, 7) is 11.9. The van der Waals surface area contributed by atoms with Crippen LogP contribution >= 0.6 is 0 Å². The fraction of sp³-hybridized carbons (Fsp3) is 0.882. The minimum Gasteiger partial charge on any atom is -0.374 e. The van der Waals surface area contributed by atoms with Crippen LogP contribution in [0.3, 0.4) is 0 Å². The lowest BCUT2D eigenvalue weighted by molar-refractivity contribution is -0.119. The number of rotatable bonds is 8. The van der Waals surface area contributed by atoms with Gasteiger partial charge < -0.3 is 20.7 Å². The Morgan fingerprint density at radius 2 is 2.12 bits per heavy atom. The number of aliphatic imine (C=N–C) groups is 1. The summed E-state index contributed by atoms with van der Waals surface area (Å²) in [5.74, 6) is 1.33. The van der Waals surface area contributed by atoms with Gasteiger partial charge in [0.25, 0.3) is 0 Å². The van der Waals surface area contributed by atoms with E-state index in [2.05, 4.69) is 39.7 Å². The summed E-state index contributed by atoms with van der Waals surface area (Å²) in [7, 11) is 0. The number of amides is 1. The molecule has 2 fully saturated rings. The molecule has 0 aromatic heterocycles. The van der Waals surface area contributed by atoms with Crippen molar-refractivity contribution in [2.45, 2.75) is 45.8 Å². The second kappa shape index (κ2) is 9.84. The van der Waals surface area contributed by atoms with Gasteiger partial charge in [0.05, 0.1) is 12.7 Å². The number of hydrogen-bond acceptors (Lipinski definition) is 4. The predicted octanol–water partition coefficient (Wildman–Crippen LogP) is 0.177. The maximum Gasteiger partial charge on any atom is 0.242 e. The maximum atomic E-state index is 11.7. The Morgan fingerprint density at radius 3 is 2.79 bits per heavy atom. The third kappa shape index (κ3) is 7.49. The quantitative estimate of drug-likeness (QED) is 0.434. The number of morpholine rings is 1. The maximum absolute atomic E-state index is 11.7. The van der Waals surface area contributed by atoms with Crippen molar-refractivity contribution in [2.24, 2.45) is 10.9 Å². The molecule has 1 amide bonds. The molecule has 0 aromatic carbocycles. The first-order valence-corrected chi connectivity index (χ1v) is 9.22. The van der Waals surface area contributed by atoms with E-state index in [0.29, 0.717) is 24.5 Å². The highest BCUT2D eigenvalue weighted by Gasteiger charge is 2.23. The fourth-order valence-electron chi connectivity index (χ4n) is 2.79. The van der Waals surface area contributed by atoms with Gasteiger partial charge in [0.1, 0.15) is 6.54 Å². The average molecular weight is 339 g/mol. The molecule has 1 saturated carbocycles. The first-order chi connectivity index (χ1) is 11.6. The largest absolute Gasteiger partial charge is 0.374 e. The van der Waals surface area contributed by atoms with Gasteiger partial charge in [-0.25, -0.2) is 4.99 Å². The summed E-state index contributed by atoms with van der Waals surface area (Å²) in [6, 6.07) is 0.380. The molecule has 1 unspecified atom stereocenters. The highest BCUT2D eigenvalue weighted by Crippen LogP contribution is 2.18. The molecule has 0 spiro atoms. The minimum absolute atomic E-state index is 0.00766. The van der Waals surface area contributed by atoms with Gasteiger partial charge in [-0.05, 0) is 25.7 Å². The van der Waals surface area contributed by atoms with E-state index in [-0.39, 0.29) is 18.6 Å². The molecule has 138 valence electrons. The molecule has 1 atom stereocenters. The zero-order valence-electron chi connectivity index (χ0n) is 15.3. The summed E-state index contributed by atoms with van der Waals surface area (Å²) < 4.78 is 5.84. The van der Waals surface area contributed by atoms with E-state index in [1.165, 1.54) is 0 Å². The molecule has 0 aromatic rings. The lowest BCUT2D eigenvalue weighted by Crippen LogP contribution is -2.50. The topological polar surface area (TPSA) is 78.0 Å². The lowest BCUT2D eigenvalue weighted by Gasteiger charge is -2.34. The molecular formula is C17H33N5O2. The van der Waals surface area contributed by atoms with E-state index in [1.807, 2.05) is 6.92 Å². The van der Waals surface area contributed by atoms with E-state index in [9.17, 15) is 4.79 Å². The average Bonchev–Trinajstić information content (AvgIpc) is 3.34. The third-order valence-electron chi connectivity index (χ3n) is 4.01. The predicted molar refractivity (Wildman–Crippen MR) is 96.2 cm³/mol. The second-order valence-corrected chi connectivity index (χ2v) is 7.06. The van der Waals surface area contributed by atoms with Gasteiger partial charge in [-0.2, -0.15) is 0 Å². The van der Waals surface area contributed by atoms with Crippen LogP contribution < -0.4 is 16.0 Å². The zero-order chi connectivity index (χ0) is 17.4. The molecule has 24 heavy (non-hydrogen) atoms. The Bertz CT molecular complexity index is 423. The molecule has 1 aliphatic heterocycles. The highest BCUT2D eigenvalue weighted by molar-refractivity contribution is 5.85. The van der Waals surface area contributed by atoms with Crippen LogP contribution in [0.15, 0.2) is 4.99 Å². The second-order valence-electron chi connectivity index (χ2n) is 7.06. The Morgan fingerprint density at radius 1 is 1.33 bits per heavy atom. The summed E-state index contributed by atoms with van der Waals surface area (Å²) in [6.07, 6.45) is 2.35. The van der Waals surface area contributed by atoms with Crippen LogP contribution in [0.1, 0.15) is 33.6 Å².